The molecule has 0 aromatic heterocycles. The summed E-state index contributed by atoms with van der Waals surface area (Å²) >= 11 is 0. The molecular formula is C11H23NO2. The number of ether oxygens (including phenoxy) is 1. The van der Waals surface area contributed by atoms with Gasteiger partial charge in [0.25, 0.3) is 0 Å². The molecule has 1 amide bonds. The van der Waals surface area contributed by atoms with Gasteiger partial charge in [0.15, 0.2) is 0 Å². The maximum Gasteiger partial charge on any atom is 0.407 e. The molecule has 0 radical (unpaired) electrons. The van der Waals surface area contributed by atoms with Gasteiger partial charge < -0.3 is 10.1 Å². The van der Waals surface area contributed by atoms with Crippen LogP contribution in [0.15, 0.2) is 12.7 Å². The van der Waals surface area contributed by atoms with E-state index in [1.165, 1.54) is 7.11 Å². The van der Waals surface area contributed by atoms with Crippen molar-refractivity contribution in [3.8, 4) is 0 Å². The monoisotopic (exact) mass is 201 g/mol. The zero-order valence-electron chi connectivity index (χ0n) is 10.2. The molecule has 1 atom stereocenters. The van der Waals surface area contributed by atoms with E-state index in [1.54, 1.807) is 0 Å². The van der Waals surface area contributed by atoms with Crippen molar-refractivity contribution in [2.75, 3.05) is 7.11 Å². The Kier molecular flexibility index (Phi) is 8.20. The summed E-state index contributed by atoms with van der Waals surface area (Å²) < 4.78 is 4.48. The zero-order chi connectivity index (χ0) is 11.8. The van der Waals surface area contributed by atoms with E-state index < -0.39 is 6.09 Å². The third kappa shape index (κ3) is 5.62. The molecule has 3 heteroatoms. The molecule has 0 aliphatic heterocycles. The molecule has 0 aromatic rings. The van der Waals surface area contributed by atoms with Crippen molar-refractivity contribution in [3.05, 3.63) is 12.7 Å². The van der Waals surface area contributed by atoms with Gasteiger partial charge in [-0.2, -0.15) is 0 Å². The van der Waals surface area contributed by atoms with E-state index in [0.717, 1.165) is 0 Å². The van der Waals surface area contributed by atoms with Gasteiger partial charge in [-0.05, 0) is 6.92 Å². The zero-order valence-corrected chi connectivity index (χ0v) is 10.2. The molecule has 14 heavy (non-hydrogen) atoms. The first-order chi connectivity index (χ1) is 6.44. The number of carbonyl (C=O) groups is 1. The highest BCUT2D eigenvalue weighted by atomic mass is 16.5. The molecule has 3 nitrogen and oxygen atoms in total. The van der Waals surface area contributed by atoms with Gasteiger partial charge in [-0.1, -0.05) is 33.8 Å². The summed E-state index contributed by atoms with van der Waals surface area (Å²) in [6, 6.07) is 0.0162. The minimum Gasteiger partial charge on any atom is -0.453 e. The number of alkyl carbamates (subject to hydrolysis) is 1. The third-order valence-electron chi connectivity index (χ3n) is 2.16. The Balaban J connectivity index is 0. The largest absolute Gasteiger partial charge is 0.453 e. The second-order valence-corrected chi connectivity index (χ2v) is 3.38. The van der Waals surface area contributed by atoms with Crippen molar-refractivity contribution < 1.29 is 9.53 Å². The van der Waals surface area contributed by atoms with Crippen molar-refractivity contribution >= 4 is 6.09 Å². The third-order valence-corrected chi connectivity index (χ3v) is 2.16. The van der Waals surface area contributed by atoms with E-state index >= 15 is 0 Å². The van der Waals surface area contributed by atoms with Gasteiger partial charge >= 0.3 is 6.09 Å². The highest BCUT2D eigenvalue weighted by Crippen LogP contribution is 2.21. The summed E-state index contributed by atoms with van der Waals surface area (Å²) in [6.07, 6.45) is 1.41. The van der Waals surface area contributed by atoms with E-state index in [0.29, 0.717) is 0 Å². The first-order valence-electron chi connectivity index (χ1n) is 4.92. The number of rotatable bonds is 3. The molecule has 84 valence electrons. The molecule has 0 spiro atoms. The van der Waals surface area contributed by atoms with Gasteiger partial charge in [0.2, 0.25) is 0 Å². The Morgan fingerprint density at radius 1 is 1.50 bits per heavy atom. The van der Waals surface area contributed by atoms with E-state index in [1.807, 2.05) is 40.7 Å². The predicted octanol–water partition coefficient (Wildman–Crippen LogP) is 2.97. The fraction of sp³-hybridized carbons (Fsp3) is 0.727. The van der Waals surface area contributed by atoms with Crippen LogP contribution in [0, 0.1) is 5.41 Å². The van der Waals surface area contributed by atoms with Crippen LogP contribution < -0.4 is 5.32 Å². The van der Waals surface area contributed by atoms with E-state index in [-0.39, 0.29) is 11.5 Å². The number of amides is 1. The molecule has 0 heterocycles. The predicted molar refractivity (Wildman–Crippen MR) is 60.3 cm³/mol. The first kappa shape index (κ1) is 15.5. The number of methoxy groups -OCH3 is 1. The summed E-state index contributed by atoms with van der Waals surface area (Å²) in [4.78, 5) is 10.8. The molecule has 0 aromatic carbocycles. The van der Waals surface area contributed by atoms with Crippen LogP contribution in [0.3, 0.4) is 0 Å². The summed E-state index contributed by atoms with van der Waals surface area (Å²) in [7, 11) is 1.35. The molecule has 1 N–H and O–H groups in total. The molecule has 0 fully saturated rings. The van der Waals surface area contributed by atoms with Crippen molar-refractivity contribution in [1.29, 1.82) is 0 Å². The lowest BCUT2D eigenvalue weighted by Gasteiger charge is -2.28. The second kappa shape index (κ2) is 7.42. The van der Waals surface area contributed by atoms with Crippen LogP contribution in [0.25, 0.3) is 0 Å². The van der Waals surface area contributed by atoms with Crippen LogP contribution in [0.5, 0.6) is 0 Å². The Hall–Kier alpha value is -0.990. The van der Waals surface area contributed by atoms with Crippen molar-refractivity contribution in [2.24, 2.45) is 5.41 Å². The topological polar surface area (TPSA) is 38.3 Å². The minimum atomic E-state index is -0.405. The van der Waals surface area contributed by atoms with Crippen LogP contribution in [0.1, 0.15) is 34.6 Å². The number of hydrogen-bond donors (Lipinski definition) is 1. The molecule has 0 aliphatic rings. The molecule has 0 bridgehead atoms. The molecule has 0 saturated heterocycles. The van der Waals surface area contributed by atoms with Gasteiger partial charge in [-0.15, -0.1) is 6.58 Å². The molecule has 0 saturated carbocycles. The Morgan fingerprint density at radius 3 is 2.21 bits per heavy atom. The summed E-state index contributed by atoms with van der Waals surface area (Å²) in [5.41, 5.74) is -0.117. The maximum absolute atomic E-state index is 10.8. The van der Waals surface area contributed by atoms with Gasteiger partial charge in [0.05, 0.1) is 7.11 Å². The lowest BCUT2D eigenvalue weighted by atomic mass is 9.86. The van der Waals surface area contributed by atoms with Crippen molar-refractivity contribution in [3.63, 3.8) is 0 Å². The van der Waals surface area contributed by atoms with Crippen molar-refractivity contribution in [2.45, 2.75) is 40.7 Å². The highest BCUT2D eigenvalue weighted by Gasteiger charge is 2.23. The SMILES string of the molecule is C=CC(C)(C)C(C)NC(=O)OC.CC. The van der Waals surface area contributed by atoms with Crippen LogP contribution in [0.4, 0.5) is 4.79 Å². The number of nitrogens with one attached hydrogen (secondary N) is 1. The summed E-state index contributed by atoms with van der Waals surface area (Å²) in [5.74, 6) is 0. The Labute approximate surface area is 87.5 Å². The standard InChI is InChI=1S/C9H17NO2.C2H6/c1-6-9(3,4)7(2)10-8(11)12-5;1-2/h6-7H,1H2,2-5H3,(H,10,11);1-2H3. The van der Waals surface area contributed by atoms with Gasteiger partial charge in [-0.25, -0.2) is 4.79 Å². The second-order valence-electron chi connectivity index (χ2n) is 3.38. The van der Waals surface area contributed by atoms with Crippen LogP contribution >= 0.6 is 0 Å². The average Bonchev–Trinajstić information content (AvgIpc) is 2.20. The quantitative estimate of drug-likeness (QED) is 0.713. The average molecular weight is 201 g/mol. The smallest absolute Gasteiger partial charge is 0.407 e. The van der Waals surface area contributed by atoms with Gasteiger partial charge in [0.1, 0.15) is 0 Å². The normalized spacial score (nSPS) is 11.9. The summed E-state index contributed by atoms with van der Waals surface area (Å²) in [5, 5.41) is 2.69. The number of carbonyl (C=O) groups excluding carboxylic acids is 1. The first-order valence-corrected chi connectivity index (χ1v) is 4.92. The van der Waals surface area contributed by atoms with Crippen LogP contribution in [0.2, 0.25) is 0 Å². The lowest BCUT2D eigenvalue weighted by molar-refractivity contribution is 0.160. The molecule has 1 unspecified atom stereocenters. The van der Waals surface area contributed by atoms with Crippen LogP contribution in [-0.2, 0) is 4.74 Å². The number of hydrogen-bond acceptors (Lipinski definition) is 2. The van der Waals surface area contributed by atoms with E-state index in [2.05, 4.69) is 16.6 Å². The Bertz CT molecular complexity index is 176. The Morgan fingerprint density at radius 2 is 1.93 bits per heavy atom. The van der Waals surface area contributed by atoms with E-state index in [4.69, 9.17) is 0 Å². The van der Waals surface area contributed by atoms with E-state index in [9.17, 15) is 4.79 Å². The van der Waals surface area contributed by atoms with Gasteiger partial charge in [-0.3, -0.25) is 0 Å². The maximum atomic E-state index is 10.8. The molecule has 0 rings (SSSR count). The lowest BCUT2D eigenvalue weighted by Crippen LogP contribution is -2.41. The molecular weight excluding hydrogens is 178 g/mol. The summed E-state index contributed by atoms with van der Waals surface area (Å²) in [6.45, 7) is 13.6. The van der Waals surface area contributed by atoms with Crippen molar-refractivity contribution in [1.82, 2.24) is 5.32 Å². The van der Waals surface area contributed by atoms with Gasteiger partial charge in [0, 0.05) is 11.5 Å². The molecule has 0 aliphatic carbocycles. The van der Waals surface area contributed by atoms with Crippen LogP contribution in [-0.4, -0.2) is 19.2 Å². The minimum absolute atomic E-state index is 0.0162. The fourth-order valence-corrected chi connectivity index (χ4v) is 0.598. The highest BCUT2D eigenvalue weighted by molar-refractivity contribution is 5.67. The fourth-order valence-electron chi connectivity index (χ4n) is 0.598.